The highest BCUT2D eigenvalue weighted by Crippen LogP contribution is 2.31. The first-order valence-corrected chi connectivity index (χ1v) is 8.41. The quantitative estimate of drug-likeness (QED) is 0.875. The summed E-state index contributed by atoms with van der Waals surface area (Å²) in [6.07, 6.45) is 3.39. The molecule has 2 atom stereocenters. The molecule has 7 heteroatoms. The number of likely N-dealkylation sites (tertiary alicyclic amines) is 1. The van der Waals surface area contributed by atoms with Crippen LogP contribution in [0.2, 0.25) is 0 Å². The van der Waals surface area contributed by atoms with Gasteiger partial charge in [-0.2, -0.15) is 5.10 Å². The molecule has 1 aliphatic rings. The van der Waals surface area contributed by atoms with Crippen LogP contribution in [0.1, 0.15) is 52.7 Å². The van der Waals surface area contributed by atoms with Crippen LogP contribution in [-0.2, 0) is 11.8 Å². The maximum Gasteiger partial charge on any atom is 0.410 e. The monoisotopic (exact) mass is 338 g/mol. The molecule has 136 valence electrons. The number of aryl methyl sites for hydroxylation is 1. The van der Waals surface area contributed by atoms with Crippen LogP contribution in [-0.4, -0.2) is 56.2 Å². The number of aliphatic hydroxyl groups is 1. The Bertz CT molecular complexity index is 577. The van der Waals surface area contributed by atoms with E-state index in [1.165, 1.54) is 0 Å². The van der Waals surface area contributed by atoms with Crippen LogP contribution >= 0.6 is 0 Å². The first kappa shape index (κ1) is 18.7. The normalized spacial score (nSPS) is 21.8. The van der Waals surface area contributed by atoms with Gasteiger partial charge in [0.05, 0.1) is 17.8 Å². The molecule has 2 rings (SSSR count). The average Bonchev–Trinajstić information content (AvgIpc) is 2.97. The number of carbonyl (C=O) groups excluding carboxylic acids is 1. The molecule has 0 radical (unpaired) electrons. The summed E-state index contributed by atoms with van der Waals surface area (Å²) in [5.41, 5.74) is -0.101. The largest absolute Gasteiger partial charge is 0.444 e. The van der Waals surface area contributed by atoms with E-state index in [4.69, 9.17) is 4.74 Å². The Hall–Kier alpha value is -1.60. The third-order valence-electron chi connectivity index (χ3n) is 4.47. The van der Waals surface area contributed by atoms with Crippen LogP contribution in [0.15, 0.2) is 12.4 Å². The summed E-state index contributed by atoms with van der Waals surface area (Å²) in [5.74, 6) is 0. The zero-order valence-electron chi connectivity index (χ0n) is 15.5. The summed E-state index contributed by atoms with van der Waals surface area (Å²) in [6.45, 7) is 10.7. The van der Waals surface area contributed by atoms with Crippen molar-refractivity contribution in [2.75, 3.05) is 13.1 Å². The summed E-state index contributed by atoms with van der Waals surface area (Å²) in [5, 5.41) is 17.7. The van der Waals surface area contributed by atoms with E-state index in [0.717, 1.165) is 12.0 Å². The van der Waals surface area contributed by atoms with Gasteiger partial charge < -0.3 is 20.1 Å². The lowest BCUT2D eigenvalue weighted by Gasteiger charge is -2.37. The lowest BCUT2D eigenvalue weighted by Crippen LogP contribution is -2.54. The van der Waals surface area contributed by atoms with Gasteiger partial charge in [0, 0.05) is 37.9 Å². The molecule has 24 heavy (non-hydrogen) atoms. The van der Waals surface area contributed by atoms with Gasteiger partial charge in [-0.3, -0.25) is 4.68 Å². The van der Waals surface area contributed by atoms with Crippen molar-refractivity contribution in [3.63, 3.8) is 0 Å². The van der Waals surface area contributed by atoms with Gasteiger partial charge in [-0.05, 0) is 41.0 Å². The Morgan fingerprint density at radius 3 is 2.75 bits per heavy atom. The van der Waals surface area contributed by atoms with Crippen molar-refractivity contribution in [1.82, 2.24) is 20.0 Å². The van der Waals surface area contributed by atoms with Crippen LogP contribution in [0.5, 0.6) is 0 Å². The van der Waals surface area contributed by atoms with Gasteiger partial charge in [-0.15, -0.1) is 0 Å². The lowest BCUT2D eigenvalue weighted by atomic mass is 9.95. The maximum absolute atomic E-state index is 12.4. The Balaban J connectivity index is 1.94. The smallest absolute Gasteiger partial charge is 0.410 e. The number of carbonyl (C=O) groups is 1. The summed E-state index contributed by atoms with van der Waals surface area (Å²) in [4.78, 5) is 14.2. The molecule has 1 aliphatic heterocycles. The molecule has 0 spiro atoms. The first-order valence-electron chi connectivity index (χ1n) is 8.41. The van der Waals surface area contributed by atoms with Gasteiger partial charge in [0.25, 0.3) is 0 Å². The predicted molar refractivity (Wildman–Crippen MR) is 91.6 cm³/mol. The van der Waals surface area contributed by atoms with Crippen LogP contribution in [0.25, 0.3) is 0 Å². The molecule has 2 unspecified atom stereocenters. The Kier molecular flexibility index (Phi) is 5.25. The molecule has 2 N–H and O–H groups in total. The van der Waals surface area contributed by atoms with E-state index < -0.39 is 11.7 Å². The minimum atomic E-state index is -0.620. The molecule has 2 heterocycles. The number of aromatic nitrogens is 2. The van der Waals surface area contributed by atoms with Gasteiger partial charge in [-0.1, -0.05) is 0 Å². The van der Waals surface area contributed by atoms with Crippen molar-refractivity contribution >= 4 is 6.09 Å². The van der Waals surface area contributed by atoms with E-state index in [9.17, 15) is 9.90 Å². The second kappa shape index (κ2) is 6.72. The van der Waals surface area contributed by atoms with Crippen molar-refractivity contribution in [1.29, 1.82) is 0 Å². The summed E-state index contributed by atoms with van der Waals surface area (Å²) in [7, 11) is 1.82. The maximum atomic E-state index is 12.4. The van der Waals surface area contributed by atoms with Crippen LogP contribution in [0.4, 0.5) is 4.79 Å². The molecule has 1 saturated heterocycles. The molecule has 0 bridgehead atoms. The standard InChI is InChI=1S/C17H30N4O3/c1-16(2,3)24-15(23)21-8-7-14(17(21,4)5)18-10-13(22)12-9-19-20(6)11-12/h9,11,13-14,18,22H,7-8,10H2,1-6H3. The van der Waals surface area contributed by atoms with E-state index in [2.05, 4.69) is 10.4 Å². The molecule has 1 aromatic rings. The molecule has 0 aromatic carbocycles. The number of hydrogen-bond acceptors (Lipinski definition) is 5. The Morgan fingerprint density at radius 1 is 1.54 bits per heavy atom. The van der Waals surface area contributed by atoms with Gasteiger partial charge in [0.15, 0.2) is 0 Å². The number of hydrogen-bond donors (Lipinski definition) is 2. The van der Waals surface area contributed by atoms with Crippen LogP contribution in [0.3, 0.4) is 0 Å². The SMILES string of the molecule is Cn1cc(C(O)CNC2CCN(C(=O)OC(C)(C)C)C2(C)C)cn1. The number of nitrogens with zero attached hydrogens (tertiary/aromatic N) is 3. The Morgan fingerprint density at radius 2 is 2.21 bits per heavy atom. The highest BCUT2D eigenvalue weighted by molar-refractivity contribution is 5.69. The Labute approximate surface area is 144 Å². The van der Waals surface area contributed by atoms with Gasteiger partial charge in [0.2, 0.25) is 0 Å². The molecule has 1 aromatic heterocycles. The summed E-state index contributed by atoms with van der Waals surface area (Å²) < 4.78 is 7.17. The number of rotatable bonds is 4. The molecule has 1 fully saturated rings. The minimum absolute atomic E-state index is 0.0938. The minimum Gasteiger partial charge on any atom is -0.444 e. The zero-order valence-corrected chi connectivity index (χ0v) is 15.5. The average molecular weight is 338 g/mol. The van der Waals surface area contributed by atoms with Gasteiger partial charge in [-0.25, -0.2) is 4.79 Å². The molecular formula is C17H30N4O3. The van der Waals surface area contributed by atoms with Crippen molar-refractivity contribution in [3.8, 4) is 0 Å². The number of aliphatic hydroxyl groups excluding tert-OH is 1. The number of ether oxygens (including phenoxy) is 1. The highest BCUT2D eigenvalue weighted by Gasteiger charge is 2.45. The molecule has 7 nitrogen and oxygen atoms in total. The van der Waals surface area contributed by atoms with Crippen LogP contribution < -0.4 is 5.32 Å². The second-order valence-electron chi connectivity index (χ2n) is 8.00. The van der Waals surface area contributed by atoms with E-state index in [-0.39, 0.29) is 17.7 Å². The third kappa shape index (κ3) is 4.27. The van der Waals surface area contributed by atoms with E-state index in [0.29, 0.717) is 13.1 Å². The second-order valence-corrected chi connectivity index (χ2v) is 8.00. The number of amides is 1. The molecule has 0 aliphatic carbocycles. The molecule has 1 amide bonds. The number of nitrogens with one attached hydrogen (secondary N) is 1. The lowest BCUT2D eigenvalue weighted by molar-refractivity contribution is 0.0106. The van der Waals surface area contributed by atoms with E-state index in [1.54, 1.807) is 22.0 Å². The van der Waals surface area contributed by atoms with Crippen molar-refractivity contribution < 1.29 is 14.6 Å². The fourth-order valence-corrected chi connectivity index (χ4v) is 3.07. The first-order chi connectivity index (χ1) is 11.0. The third-order valence-corrected chi connectivity index (χ3v) is 4.47. The van der Waals surface area contributed by atoms with Gasteiger partial charge >= 0.3 is 6.09 Å². The predicted octanol–water partition coefficient (Wildman–Crippen LogP) is 1.83. The zero-order chi connectivity index (χ0) is 18.1. The van der Waals surface area contributed by atoms with Crippen molar-refractivity contribution in [2.45, 2.75) is 64.3 Å². The van der Waals surface area contributed by atoms with Crippen LogP contribution in [0, 0.1) is 0 Å². The highest BCUT2D eigenvalue weighted by atomic mass is 16.6. The topological polar surface area (TPSA) is 79.6 Å². The summed E-state index contributed by atoms with van der Waals surface area (Å²) >= 11 is 0. The van der Waals surface area contributed by atoms with Crippen molar-refractivity contribution in [3.05, 3.63) is 18.0 Å². The van der Waals surface area contributed by atoms with Gasteiger partial charge in [0.1, 0.15) is 5.60 Å². The molecular weight excluding hydrogens is 308 g/mol. The fraction of sp³-hybridized carbons (Fsp3) is 0.765. The van der Waals surface area contributed by atoms with E-state index >= 15 is 0 Å². The summed E-state index contributed by atoms with van der Waals surface area (Å²) in [6, 6.07) is 0.0938. The molecule has 0 saturated carbocycles. The van der Waals surface area contributed by atoms with E-state index in [1.807, 2.05) is 41.7 Å². The fourth-order valence-electron chi connectivity index (χ4n) is 3.07. The van der Waals surface area contributed by atoms with Crippen molar-refractivity contribution in [2.24, 2.45) is 7.05 Å².